The molecule has 0 bridgehead atoms. The highest BCUT2D eigenvalue weighted by molar-refractivity contribution is 6.17. The molecule has 0 spiro atoms. The molecule has 66 valence electrons. The van der Waals surface area contributed by atoms with Crippen molar-refractivity contribution in [3.8, 4) is 0 Å². The Morgan fingerprint density at radius 2 is 2.00 bits per heavy atom. The number of hydrogen-bond donors (Lipinski definition) is 0. The molecule has 0 saturated carbocycles. The van der Waals surface area contributed by atoms with Gasteiger partial charge in [-0.25, -0.2) is 0 Å². The quantitative estimate of drug-likeness (QED) is 0.604. The van der Waals surface area contributed by atoms with Crippen LogP contribution in [0.25, 0.3) is 0 Å². The molecule has 1 heterocycles. The minimum atomic E-state index is -0.453. The van der Waals surface area contributed by atoms with Crippen LogP contribution in [0.1, 0.15) is 27.2 Å². The summed E-state index contributed by atoms with van der Waals surface area (Å²) in [4.78, 5) is 0. The van der Waals surface area contributed by atoms with Gasteiger partial charge in [0.25, 0.3) is 0 Å². The van der Waals surface area contributed by atoms with E-state index < -0.39 is 5.79 Å². The first-order valence-electron chi connectivity index (χ1n) is 3.88. The molecule has 0 aromatic heterocycles. The molecule has 1 atom stereocenters. The first-order chi connectivity index (χ1) is 4.97. The van der Waals surface area contributed by atoms with Crippen LogP contribution in [0.2, 0.25) is 0 Å². The highest BCUT2D eigenvalue weighted by Gasteiger charge is 2.41. The molecule has 0 radical (unpaired) electrons. The lowest BCUT2D eigenvalue weighted by Crippen LogP contribution is -2.30. The van der Waals surface area contributed by atoms with Gasteiger partial charge >= 0.3 is 0 Å². The minimum absolute atomic E-state index is 0.152. The van der Waals surface area contributed by atoms with E-state index >= 15 is 0 Å². The van der Waals surface area contributed by atoms with E-state index in [0.717, 1.165) is 6.42 Å². The van der Waals surface area contributed by atoms with Crippen molar-refractivity contribution >= 4 is 11.6 Å². The van der Waals surface area contributed by atoms with Gasteiger partial charge in [-0.1, -0.05) is 0 Å². The average Bonchev–Trinajstić information content (AvgIpc) is 2.07. The molecular formula is C8H15ClO2. The molecule has 3 heteroatoms. The molecule has 0 aromatic rings. The average molecular weight is 179 g/mol. The van der Waals surface area contributed by atoms with E-state index in [4.69, 9.17) is 21.1 Å². The normalized spacial score (nSPS) is 36.0. The number of halogens is 1. The summed E-state index contributed by atoms with van der Waals surface area (Å²) in [6.45, 7) is 6.63. The van der Waals surface area contributed by atoms with Crippen molar-refractivity contribution in [2.24, 2.45) is 0 Å². The fourth-order valence-corrected chi connectivity index (χ4v) is 1.61. The zero-order valence-corrected chi connectivity index (χ0v) is 8.07. The summed E-state index contributed by atoms with van der Waals surface area (Å²) in [5.41, 5.74) is -0.152. The summed E-state index contributed by atoms with van der Waals surface area (Å²) in [7, 11) is 0. The predicted octanol–water partition coefficient (Wildman–Crippen LogP) is 2.16. The largest absolute Gasteiger partial charge is 0.347 e. The van der Waals surface area contributed by atoms with Crippen LogP contribution in [0, 0.1) is 0 Å². The molecular weight excluding hydrogens is 164 g/mol. The Morgan fingerprint density at radius 1 is 1.36 bits per heavy atom. The monoisotopic (exact) mass is 178 g/mol. The van der Waals surface area contributed by atoms with Crippen LogP contribution in [0.4, 0.5) is 0 Å². The van der Waals surface area contributed by atoms with Crippen LogP contribution in [0.3, 0.4) is 0 Å². The lowest BCUT2D eigenvalue weighted by atomic mass is 10.2. The molecule has 0 aromatic carbocycles. The summed E-state index contributed by atoms with van der Waals surface area (Å²) < 4.78 is 11.2. The van der Waals surface area contributed by atoms with E-state index in [1.54, 1.807) is 0 Å². The fourth-order valence-electron chi connectivity index (χ4n) is 1.26. The second kappa shape index (κ2) is 2.92. The summed E-state index contributed by atoms with van der Waals surface area (Å²) in [5, 5.41) is 0. The second-order valence-corrected chi connectivity index (χ2v) is 4.10. The molecule has 1 rings (SSSR count). The molecule has 2 nitrogen and oxygen atoms in total. The van der Waals surface area contributed by atoms with Crippen LogP contribution >= 0.6 is 11.6 Å². The zero-order chi connectivity index (χ0) is 8.54. The summed E-state index contributed by atoms with van der Waals surface area (Å²) >= 11 is 5.60. The molecule has 1 unspecified atom stereocenters. The Bertz CT molecular complexity index is 147. The van der Waals surface area contributed by atoms with E-state index in [2.05, 4.69) is 0 Å². The SMILES string of the molecule is CC1(C)COC(C)(CCCl)O1. The van der Waals surface area contributed by atoms with E-state index in [1.165, 1.54) is 0 Å². The van der Waals surface area contributed by atoms with Crippen LogP contribution in [-0.4, -0.2) is 23.9 Å². The van der Waals surface area contributed by atoms with Gasteiger partial charge in [-0.15, -0.1) is 11.6 Å². The molecule has 0 aliphatic carbocycles. The third kappa shape index (κ3) is 2.32. The van der Waals surface area contributed by atoms with Gasteiger partial charge in [-0.2, -0.15) is 0 Å². The molecule has 1 fully saturated rings. The minimum Gasteiger partial charge on any atom is -0.347 e. The van der Waals surface area contributed by atoms with Crippen molar-refractivity contribution in [1.29, 1.82) is 0 Å². The standard InChI is InChI=1S/C8H15ClO2/c1-7(2)6-10-8(3,11-7)4-5-9/h4-6H2,1-3H3. The molecule has 0 N–H and O–H groups in total. The van der Waals surface area contributed by atoms with Crippen LogP contribution < -0.4 is 0 Å². The Labute approximate surface area is 72.8 Å². The highest BCUT2D eigenvalue weighted by Crippen LogP contribution is 2.33. The number of rotatable bonds is 2. The molecule has 1 aliphatic heterocycles. The number of hydrogen-bond acceptors (Lipinski definition) is 2. The first-order valence-corrected chi connectivity index (χ1v) is 4.41. The van der Waals surface area contributed by atoms with Crippen molar-refractivity contribution in [2.75, 3.05) is 12.5 Å². The maximum atomic E-state index is 5.67. The zero-order valence-electron chi connectivity index (χ0n) is 7.32. The first kappa shape index (κ1) is 9.30. The van der Waals surface area contributed by atoms with Crippen molar-refractivity contribution in [1.82, 2.24) is 0 Å². The van der Waals surface area contributed by atoms with Gasteiger partial charge in [-0.3, -0.25) is 0 Å². The smallest absolute Gasteiger partial charge is 0.167 e. The Hall–Kier alpha value is 0.210. The molecule has 1 aliphatic rings. The van der Waals surface area contributed by atoms with Crippen molar-refractivity contribution in [3.05, 3.63) is 0 Å². The molecule has 1 saturated heterocycles. The van der Waals surface area contributed by atoms with Crippen molar-refractivity contribution < 1.29 is 9.47 Å². The Kier molecular flexibility index (Phi) is 2.47. The number of alkyl halides is 1. The van der Waals surface area contributed by atoms with Gasteiger partial charge in [0, 0.05) is 12.3 Å². The van der Waals surface area contributed by atoms with E-state index in [1.807, 2.05) is 20.8 Å². The lowest BCUT2D eigenvalue weighted by Gasteiger charge is -2.24. The van der Waals surface area contributed by atoms with Crippen LogP contribution in [-0.2, 0) is 9.47 Å². The lowest BCUT2D eigenvalue weighted by molar-refractivity contribution is -0.168. The van der Waals surface area contributed by atoms with Gasteiger partial charge in [0.05, 0.1) is 12.2 Å². The maximum absolute atomic E-state index is 5.67. The predicted molar refractivity (Wildman–Crippen MR) is 44.9 cm³/mol. The maximum Gasteiger partial charge on any atom is 0.167 e. The topological polar surface area (TPSA) is 18.5 Å². The summed E-state index contributed by atoms with van der Waals surface area (Å²) in [5.74, 6) is 0.123. The third-order valence-electron chi connectivity index (χ3n) is 1.77. The van der Waals surface area contributed by atoms with E-state index in [-0.39, 0.29) is 5.60 Å². The van der Waals surface area contributed by atoms with Crippen molar-refractivity contribution in [3.63, 3.8) is 0 Å². The van der Waals surface area contributed by atoms with Gasteiger partial charge < -0.3 is 9.47 Å². The van der Waals surface area contributed by atoms with Gasteiger partial charge in [0.15, 0.2) is 5.79 Å². The Morgan fingerprint density at radius 3 is 2.36 bits per heavy atom. The number of ether oxygens (including phenoxy) is 2. The second-order valence-electron chi connectivity index (χ2n) is 3.72. The van der Waals surface area contributed by atoms with Crippen LogP contribution in [0.5, 0.6) is 0 Å². The van der Waals surface area contributed by atoms with Gasteiger partial charge in [0.2, 0.25) is 0 Å². The van der Waals surface area contributed by atoms with E-state index in [9.17, 15) is 0 Å². The summed E-state index contributed by atoms with van der Waals surface area (Å²) in [6.07, 6.45) is 0.748. The molecule has 0 amide bonds. The third-order valence-corrected chi connectivity index (χ3v) is 1.95. The molecule has 11 heavy (non-hydrogen) atoms. The fraction of sp³-hybridized carbons (Fsp3) is 1.00. The van der Waals surface area contributed by atoms with Crippen LogP contribution in [0.15, 0.2) is 0 Å². The van der Waals surface area contributed by atoms with Crippen molar-refractivity contribution in [2.45, 2.75) is 38.6 Å². The van der Waals surface area contributed by atoms with Gasteiger partial charge in [-0.05, 0) is 20.8 Å². The summed E-state index contributed by atoms with van der Waals surface area (Å²) in [6, 6.07) is 0. The highest BCUT2D eigenvalue weighted by atomic mass is 35.5. The Balaban J connectivity index is 2.51. The van der Waals surface area contributed by atoms with Gasteiger partial charge in [0.1, 0.15) is 0 Å². The van der Waals surface area contributed by atoms with E-state index in [0.29, 0.717) is 12.5 Å².